The summed E-state index contributed by atoms with van der Waals surface area (Å²) in [7, 11) is 2.77. The Kier molecular flexibility index (Phi) is 7.53. The predicted molar refractivity (Wildman–Crippen MR) is 120 cm³/mol. The molecule has 0 bridgehead atoms. The van der Waals surface area contributed by atoms with Gasteiger partial charge in [0.25, 0.3) is 5.91 Å². The van der Waals surface area contributed by atoms with Gasteiger partial charge in [-0.2, -0.15) is 0 Å². The molecule has 2 N–H and O–H groups in total. The van der Waals surface area contributed by atoms with Gasteiger partial charge >= 0.3 is 5.97 Å². The average Bonchev–Trinajstić information content (AvgIpc) is 3.10. The van der Waals surface area contributed by atoms with Crippen LogP contribution in [0.25, 0.3) is 17.0 Å². The van der Waals surface area contributed by atoms with Crippen LogP contribution in [0.1, 0.15) is 5.56 Å². The third-order valence-corrected chi connectivity index (χ3v) is 4.66. The van der Waals surface area contributed by atoms with Crippen molar-refractivity contribution in [3.8, 4) is 11.6 Å². The van der Waals surface area contributed by atoms with Crippen molar-refractivity contribution in [2.24, 2.45) is 10.2 Å². The Bertz CT molecular complexity index is 1240. The topological polar surface area (TPSA) is 132 Å². The second-order valence-electron chi connectivity index (χ2n) is 6.74. The van der Waals surface area contributed by atoms with E-state index in [4.69, 9.17) is 4.74 Å². The highest BCUT2D eigenvalue weighted by molar-refractivity contribution is 5.97. The molecule has 3 aromatic rings. The van der Waals surface area contributed by atoms with Crippen LogP contribution < -0.4 is 10.1 Å². The molecular formula is C23H22N4O6. The fourth-order valence-corrected chi connectivity index (χ4v) is 3.06. The first-order chi connectivity index (χ1) is 15.9. The molecule has 0 atom stereocenters. The van der Waals surface area contributed by atoms with Crippen LogP contribution in [0.4, 0.5) is 5.69 Å². The fraction of sp³-hybridized carbons (Fsp3) is 0.174. The Balaban J connectivity index is 1.67. The van der Waals surface area contributed by atoms with E-state index in [1.54, 1.807) is 42.5 Å². The second kappa shape index (κ2) is 10.7. The van der Waals surface area contributed by atoms with Crippen molar-refractivity contribution in [2.45, 2.75) is 6.54 Å². The first-order valence-electron chi connectivity index (χ1n) is 9.85. The quantitative estimate of drug-likeness (QED) is 0.308. The minimum atomic E-state index is -0.724. The number of rotatable bonds is 8. The Labute approximate surface area is 189 Å². The number of methoxy groups -OCH3 is 2. The molecule has 1 aromatic heterocycles. The number of nitrogens with one attached hydrogen (secondary N) is 1. The van der Waals surface area contributed by atoms with Crippen LogP contribution in [0.2, 0.25) is 0 Å². The van der Waals surface area contributed by atoms with Gasteiger partial charge in [0, 0.05) is 17.0 Å². The summed E-state index contributed by atoms with van der Waals surface area (Å²) in [5.74, 6) is -1.51. The molecule has 170 valence electrons. The monoisotopic (exact) mass is 450 g/mol. The van der Waals surface area contributed by atoms with Gasteiger partial charge in [0.15, 0.2) is 5.69 Å². The Morgan fingerprint density at radius 2 is 1.82 bits per heavy atom. The Morgan fingerprint density at radius 1 is 1.09 bits per heavy atom. The van der Waals surface area contributed by atoms with E-state index in [-0.39, 0.29) is 24.7 Å². The first-order valence-corrected chi connectivity index (χ1v) is 9.85. The third kappa shape index (κ3) is 5.62. The maximum absolute atomic E-state index is 12.1. The number of aromatic nitrogens is 1. The van der Waals surface area contributed by atoms with E-state index in [1.165, 1.54) is 24.9 Å². The van der Waals surface area contributed by atoms with Gasteiger partial charge in [-0.3, -0.25) is 19.0 Å². The first kappa shape index (κ1) is 23.2. The molecule has 33 heavy (non-hydrogen) atoms. The lowest BCUT2D eigenvalue weighted by atomic mass is 10.2. The molecule has 2 aromatic carbocycles. The molecular weight excluding hydrogens is 428 g/mol. The molecule has 3 rings (SSSR count). The lowest BCUT2D eigenvalue weighted by Gasteiger charge is -2.04. The largest absolute Gasteiger partial charge is 0.496 e. The van der Waals surface area contributed by atoms with Crippen molar-refractivity contribution in [1.29, 1.82) is 0 Å². The van der Waals surface area contributed by atoms with E-state index in [1.807, 2.05) is 12.1 Å². The standard InChI is InChI=1S/C23H22N4O6/c1-32-18-10-6-3-7-15(18)11-12-19(28)24-13-20(29)25-26-22-16-8-4-5-9-17(16)27(23(22)31)14-21(30)33-2/h3-12,31H,13-14H2,1-2H3,(H,24,28). The zero-order chi connectivity index (χ0) is 23.8. The van der Waals surface area contributed by atoms with Crippen LogP contribution in [-0.4, -0.2) is 48.2 Å². The second-order valence-corrected chi connectivity index (χ2v) is 6.74. The van der Waals surface area contributed by atoms with E-state index in [0.29, 0.717) is 22.2 Å². The van der Waals surface area contributed by atoms with Crippen molar-refractivity contribution in [2.75, 3.05) is 20.8 Å². The van der Waals surface area contributed by atoms with Crippen LogP contribution in [0.15, 0.2) is 64.8 Å². The third-order valence-electron chi connectivity index (χ3n) is 4.66. The predicted octanol–water partition coefficient (Wildman–Crippen LogP) is 2.97. The van der Waals surface area contributed by atoms with Gasteiger partial charge in [0.05, 0.1) is 19.7 Å². The summed E-state index contributed by atoms with van der Waals surface area (Å²) < 4.78 is 11.2. The van der Waals surface area contributed by atoms with Crippen molar-refractivity contribution in [3.63, 3.8) is 0 Å². The van der Waals surface area contributed by atoms with Gasteiger partial charge in [-0.05, 0) is 18.2 Å². The van der Waals surface area contributed by atoms with Crippen LogP contribution in [0.3, 0.4) is 0 Å². The van der Waals surface area contributed by atoms with Gasteiger partial charge in [-0.1, -0.05) is 36.4 Å². The summed E-state index contributed by atoms with van der Waals surface area (Å²) in [6.07, 6.45) is 2.84. The normalized spacial score (nSPS) is 11.2. The number of aromatic hydroxyl groups is 1. The SMILES string of the molecule is COC(=O)Cn1c(O)c(N=NC(=O)CNC(=O)C=Cc2ccccc2OC)c2ccccc21. The maximum Gasteiger partial charge on any atom is 0.325 e. The van der Waals surface area contributed by atoms with Crippen LogP contribution in [-0.2, 0) is 25.7 Å². The van der Waals surface area contributed by atoms with Crippen LogP contribution in [0, 0.1) is 0 Å². The maximum atomic E-state index is 12.1. The number of azo groups is 1. The number of hydrogen-bond acceptors (Lipinski definition) is 7. The van der Waals surface area contributed by atoms with Gasteiger partial charge < -0.3 is 19.9 Å². The van der Waals surface area contributed by atoms with E-state index in [0.717, 1.165) is 0 Å². The van der Waals surface area contributed by atoms with E-state index < -0.39 is 17.8 Å². The molecule has 0 aliphatic rings. The number of esters is 1. The summed E-state index contributed by atoms with van der Waals surface area (Å²) in [6.45, 7) is -0.624. The summed E-state index contributed by atoms with van der Waals surface area (Å²) in [5.41, 5.74) is 1.27. The molecule has 0 aliphatic carbocycles. The zero-order valence-corrected chi connectivity index (χ0v) is 18.0. The number of nitrogens with zero attached hydrogens (tertiary/aromatic N) is 3. The fourth-order valence-electron chi connectivity index (χ4n) is 3.06. The highest BCUT2D eigenvalue weighted by atomic mass is 16.5. The van der Waals surface area contributed by atoms with Crippen LogP contribution in [0.5, 0.6) is 11.6 Å². The van der Waals surface area contributed by atoms with Gasteiger partial charge in [-0.15, -0.1) is 10.2 Å². The van der Waals surface area contributed by atoms with Crippen LogP contribution >= 0.6 is 0 Å². The van der Waals surface area contributed by atoms with Gasteiger partial charge in [0.2, 0.25) is 11.8 Å². The molecule has 0 radical (unpaired) electrons. The molecule has 0 saturated heterocycles. The minimum Gasteiger partial charge on any atom is -0.496 e. The summed E-state index contributed by atoms with van der Waals surface area (Å²) in [5, 5.41) is 20.8. The van der Waals surface area contributed by atoms with E-state index in [9.17, 15) is 19.5 Å². The lowest BCUT2D eigenvalue weighted by molar-refractivity contribution is -0.141. The Morgan fingerprint density at radius 3 is 2.58 bits per heavy atom. The molecule has 0 fully saturated rings. The highest BCUT2D eigenvalue weighted by Gasteiger charge is 2.18. The molecule has 2 amide bonds. The molecule has 1 heterocycles. The molecule has 0 unspecified atom stereocenters. The zero-order valence-electron chi connectivity index (χ0n) is 18.0. The molecule has 10 heteroatoms. The number of amides is 2. The van der Waals surface area contributed by atoms with Crippen molar-refractivity contribution >= 4 is 40.4 Å². The number of fused-ring (bicyclic) bond motifs is 1. The number of para-hydroxylation sites is 2. The number of hydrogen-bond donors (Lipinski definition) is 2. The number of ether oxygens (including phenoxy) is 2. The van der Waals surface area contributed by atoms with Crippen molar-refractivity contribution in [1.82, 2.24) is 9.88 Å². The molecule has 0 aliphatic heterocycles. The number of benzene rings is 2. The van der Waals surface area contributed by atoms with Gasteiger partial charge in [-0.25, -0.2) is 0 Å². The average molecular weight is 450 g/mol. The highest BCUT2D eigenvalue weighted by Crippen LogP contribution is 2.38. The smallest absolute Gasteiger partial charge is 0.325 e. The number of carbonyl (C=O) groups excluding carboxylic acids is 3. The van der Waals surface area contributed by atoms with E-state index >= 15 is 0 Å². The molecule has 10 nitrogen and oxygen atoms in total. The minimum absolute atomic E-state index is 0.0326. The van der Waals surface area contributed by atoms with E-state index in [2.05, 4.69) is 20.3 Å². The van der Waals surface area contributed by atoms with Gasteiger partial charge in [0.1, 0.15) is 18.8 Å². The Hall–Kier alpha value is -4.47. The van der Waals surface area contributed by atoms with Crippen molar-refractivity contribution < 1.29 is 29.0 Å². The summed E-state index contributed by atoms with van der Waals surface area (Å²) >= 11 is 0. The summed E-state index contributed by atoms with van der Waals surface area (Å²) in [4.78, 5) is 35.8. The molecule has 0 spiro atoms. The molecule has 0 saturated carbocycles. The lowest BCUT2D eigenvalue weighted by Crippen LogP contribution is -2.26. The van der Waals surface area contributed by atoms with Crippen molar-refractivity contribution in [3.05, 3.63) is 60.2 Å². The number of carbonyl (C=O) groups is 3. The summed E-state index contributed by atoms with van der Waals surface area (Å²) in [6, 6.07) is 14.0.